The number of H-pyrrole nitrogens is 1. The molecule has 1 fully saturated rings. The van der Waals surface area contributed by atoms with Crippen LogP contribution in [0.15, 0.2) is 71.5 Å². The maximum Gasteiger partial charge on any atom is 0.431 e. The van der Waals surface area contributed by atoms with Gasteiger partial charge in [0.1, 0.15) is 11.3 Å². The van der Waals surface area contributed by atoms with Gasteiger partial charge in [-0.15, -0.1) is 0 Å². The van der Waals surface area contributed by atoms with E-state index in [2.05, 4.69) is 15.5 Å². The summed E-state index contributed by atoms with van der Waals surface area (Å²) in [6.45, 7) is 3.61. The minimum atomic E-state index is -4.70. The number of hydrogen-bond acceptors (Lipinski definition) is 4. The maximum absolute atomic E-state index is 12.9. The molecule has 3 N–H and O–H groups in total. The molecule has 0 radical (unpaired) electrons. The van der Waals surface area contributed by atoms with Crippen LogP contribution >= 0.6 is 0 Å². The molecular weight excluding hydrogens is 433 g/mol. The zero-order chi connectivity index (χ0) is 23.4. The smallest absolute Gasteiger partial charge is 0.369 e. The van der Waals surface area contributed by atoms with Gasteiger partial charge in [0, 0.05) is 31.9 Å². The molecule has 1 unspecified atom stereocenters. The van der Waals surface area contributed by atoms with Crippen molar-refractivity contribution >= 4 is 11.6 Å². The number of rotatable bonds is 5. The number of carbonyl (C=O) groups excluding carboxylic acids is 1. The quantitative estimate of drug-likeness (QED) is 0.551. The van der Waals surface area contributed by atoms with Crippen molar-refractivity contribution in [3.63, 3.8) is 0 Å². The van der Waals surface area contributed by atoms with Gasteiger partial charge in [-0.3, -0.25) is 9.59 Å². The van der Waals surface area contributed by atoms with Gasteiger partial charge in [-0.2, -0.15) is 13.2 Å². The number of piperazine rings is 1. The van der Waals surface area contributed by atoms with Crippen LogP contribution in [0.1, 0.15) is 33.2 Å². The summed E-state index contributed by atoms with van der Waals surface area (Å²) in [5.41, 5.74) is -0.0461. The second kappa shape index (κ2) is 9.50. The number of nitrogens with zero attached hydrogens (tertiary/aromatic N) is 1. The molecule has 1 aliphatic heterocycles. The number of aromatic amines is 1. The molecule has 6 nitrogen and oxygen atoms in total. The average molecular weight is 456 g/mol. The monoisotopic (exact) mass is 456 g/mol. The molecule has 172 valence electrons. The lowest BCUT2D eigenvalue weighted by atomic mass is 9.97. The van der Waals surface area contributed by atoms with Crippen molar-refractivity contribution in [3.8, 4) is 0 Å². The topological polar surface area (TPSA) is 77.2 Å². The summed E-state index contributed by atoms with van der Waals surface area (Å²) < 4.78 is 38.5. The van der Waals surface area contributed by atoms with Crippen LogP contribution in [-0.4, -0.2) is 37.1 Å². The summed E-state index contributed by atoms with van der Waals surface area (Å²) in [7, 11) is 0. The Balaban J connectivity index is 1.61. The Labute approximate surface area is 188 Å². The number of aromatic nitrogens is 1. The Bertz CT molecular complexity index is 1150. The molecule has 0 spiro atoms. The number of nitrogens with one attached hydrogen (secondary N) is 3. The molecular formula is C24H23F3N4O2. The highest BCUT2D eigenvalue weighted by Crippen LogP contribution is 2.27. The molecule has 9 heteroatoms. The highest BCUT2D eigenvalue weighted by molar-refractivity contribution is 5.94. The van der Waals surface area contributed by atoms with Crippen molar-refractivity contribution in [2.75, 3.05) is 31.1 Å². The van der Waals surface area contributed by atoms with E-state index in [0.717, 1.165) is 49.1 Å². The molecule has 3 aromatic rings. The minimum Gasteiger partial charge on any atom is -0.369 e. The van der Waals surface area contributed by atoms with E-state index in [1.165, 1.54) is 0 Å². The molecule has 1 saturated heterocycles. The van der Waals surface area contributed by atoms with Gasteiger partial charge >= 0.3 is 6.18 Å². The lowest BCUT2D eigenvalue weighted by Crippen LogP contribution is -2.43. The summed E-state index contributed by atoms with van der Waals surface area (Å²) in [6, 6.07) is 18.0. The van der Waals surface area contributed by atoms with Crippen LogP contribution in [0.25, 0.3) is 0 Å². The van der Waals surface area contributed by atoms with Crippen LogP contribution in [0.4, 0.5) is 18.9 Å². The zero-order valence-electron chi connectivity index (χ0n) is 17.7. The highest BCUT2D eigenvalue weighted by atomic mass is 19.4. The van der Waals surface area contributed by atoms with E-state index in [9.17, 15) is 22.8 Å². The number of amides is 1. The van der Waals surface area contributed by atoms with Crippen LogP contribution in [0.2, 0.25) is 0 Å². The molecule has 2 aromatic carbocycles. The van der Waals surface area contributed by atoms with Gasteiger partial charge < -0.3 is 20.5 Å². The van der Waals surface area contributed by atoms with E-state index in [1.54, 1.807) is 4.98 Å². The van der Waals surface area contributed by atoms with Crippen LogP contribution in [0, 0.1) is 0 Å². The molecule has 0 saturated carbocycles. The fourth-order valence-electron chi connectivity index (χ4n) is 3.83. The van der Waals surface area contributed by atoms with E-state index in [1.807, 2.05) is 54.6 Å². The van der Waals surface area contributed by atoms with Gasteiger partial charge in [0.2, 0.25) is 0 Å². The molecule has 0 bridgehead atoms. The summed E-state index contributed by atoms with van der Waals surface area (Å²) in [6.07, 6.45) is -4.70. The van der Waals surface area contributed by atoms with E-state index in [4.69, 9.17) is 0 Å². The minimum absolute atomic E-state index is 0.388. The van der Waals surface area contributed by atoms with Gasteiger partial charge in [0.15, 0.2) is 0 Å². The van der Waals surface area contributed by atoms with Crippen LogP contribution < -0.4 is 21.1 Å². The average Bonchev–Trinajstić information content (AvgIpc) is 2.83. The second-order valence-corrected chi connectivity index (χ2v) is 7.76. The Morgan fingerprint density at radius 1 is 0.909 bits per heavy atom. The highest BCUT2D eigenvalue weighted by Gasteiger charge is 2.32. The third-order valence-electron chi connectivity index (χ3n) is 5.58. The standard InChI is InChI=1S/C24H23F3N4O2/c25-24(26,27)20-11-10-19(22(32)29-20)23(33)30-21(16-4-2-1-3-5-16)17-6-8-18(9-7-17)31-14-12-28-13-15-31/h1-11,21,28H,12-15H2,(H,29,32)(H,30,33). The predicted molar refractivity (Wildman–Crippen MR) is 119 cm³/mol. The van der Waals surface area contributed by atoms with Crippen molar-refractivity contribution in [1.82, 2.24) is 15.6 Å². The maximum atomic E-state index is 12.9. The lowest BCUT2D eigenvalue weighted by Gasteiger charge is -2.30. The lowest BCUT2D eigenvalue weighted by molar-refractivity contribution is -0.141. The zero-order valence-corrected chi connectivity index (χ0v) is 17.7. The van der Waals surface area contributed by atoms with E-state index >= 15 is 0 Å². The SMILES string of the molecule is O=C(NC(c1ccccc1)c1ccc(N2CCNCC2)cc1)c1ccc(C(F)(F)F)[nH]c1=O. The van der Waals surface area contributed by atoms with Gasteiger partial charge in [-0.05, 0) is 35.4 Å². The Morgan fingerprint density at radius 2 is 1.55 bits per heavy atom. The number of benzene rings is 2. The molecule has 0 aliphatic carbocycles. The molecule has 1 amide bonds. The fraction of sp³-hybridized carbons (Fsp3) is 0.250. The molecule has 33 heavy (non-hydrogen) atoms. The fourth-order valence-corrected chi connectivity index (χ4v) is 3.83. The first-order valence-corrected chi connectivity index (χ1v) is 10.5. The summed E-state index contributed by atoms with van der Waals surface area (Å²) in [5, 5.41) is 6.11. The molecule has 4 rings (SSSR count). The molecule has 2 heterocycles. The Kier molecular flexibility index (Phi) is 6.50. The molecule has 1 aromatic heterocycles. The van der Waals surface area contributed by atoms with Crippen molar-refractivity contribution < 1.29 is 18.0 Å². The van der Waals surface area contributed by atoms with Gasteiger partial charge in [0.25, 0.3) is 11.5 Å². The predicted octanol–water partition coefficient (Wildman–Crippen LogP) is 3.32. The second-order valence-electron chi connectivity index (χ2n) is 7.76. The first kappa shape index (κ1) is 22.6. The van der Waals surface area contributed by atoms with Crippen molar-refractivity contribution in [2.45, 2.75) is 12.2 Å². The van der Waals surface area contributed by atoms with E-state index in [-0.39, 0.29) is 5.56 Å². The normalized spacial score (nSPS) is 15.2. The van der Waals surface area contributed by atoms with Crippen LogP contribution in [0.3, 0.4) is 0 Å². The Hall–Kier alpha value is -3.59. The van der Waals surface area contributed by atoms with Crippen LogP contribution in [-0.2, 0) is 6.18 Å². The van der Waals surface area contributed by atoms with E-state index in [0.29, 0.717) is 6.07 Å². The van der Waals surface area contributed by atoms with Crippen molar-refractivity contribution in [1.29, 1.82) is 0 Å². The first-order chi connectivity index (χ1) is 15.8. The van der Waals surface area contributed by atoms with Gasteiger partial charge in [-0.1, -0.05) is 42.5 Å². The number of pyridine rings is 1. The molecule has 1 aliphatic rings. The number of hydrogen-bond donors (Lipinski definition) is 3. The third kappa shape index (κ3) is 5.25. The number of carbonyl (C=O) groups is 1. The largest absolute Gasteiger partial charge is 0.431 e. The van der Waals surface area contributed by atoms with Crippen molar-refractivity contribution in [3.05, 3.63) is 99.5 Å². The van der Waals surface area contributed by atoms with Gasteiger partial charge in [-0.25, -0.2) is 0 Å². The third-order valence-corrected chi connectivity index (χ3v) is 5.58. The first-order valence-electron chi connectivity index (χ1n) is 10.5. The Morgan fingerprint density at radius 3 is 2.15 bits per heavy atom. The van der Waals surface area contributed by atoms with Crippen molar-refractivity contribution in [2.24, 2.45) is 0 Å². The van der Waals surface area contributed by atoms with Crippen LogP contribution in [0.5, 0.6) is 0 Å². The van der Waals surface area contributed by atoms with Gasteiger partial charge in [0.05, 0.1) is 6.04 Å². The summed E-state index contributed by atoms with van der Waals surface area (Å²) >= 11 is 0. The summed E-state index contributed by atoms with van der Waals surface area (Å²) in [5.74, 6) is -0.759. The summed E-state index contributed by atoms with van der Waals surface area (Å²) in [4.78, 5) is 29.0. The number of anilines is 1. The number of alkyl halides is 3. The number of halogens is 3. The molecule has 1 atom stereocenters. The van der Waals surface area contributed by atoms with E-state index < -0.39 is 29.4 Å².